The molecule has 3 rings (SSSR count). The molecule has 0 aliphatic heterocycles. The topological polar surface area (TPSA) is 77.8 Å². The van der Waals surface area contributed by atoms with E-state index in [1.165, 1.54) is 0 Å². The zero-order chi connectivity index (χ0) is 14.1. The predicted molar refractivity (Wildman–Crippen MR) is 79.8 cm³/mol. The molecule has 0 fully saturated rings. The number of hydrogen-bond acceptors (Lipinski definition) is 5. The first kappa shape index (κ1) is 12.8. The molecule has 3 aromatic rings. The number of halogens is 1. The van der Waals surface area contributed by atoms with Crippen LogP contribution in [0, 0.1) is 6.92 Å². The summed E-state index contributed by atoms with van der Waals surface area (Å²) in [5.74, 6) is 0.899. The number of anilines is 1. The molecular formula is C14H11BrN4O. The van der Waals surface area contributed by atoms with Crippen molar-refractivity contribution in [2.24, 2.45) is 0 Å². The number of benzene rings is 1. The fourth-order valence-corrected chi connectivity index (χ4v) is 2.52. The van der Waals surface area contributed by atoms with E-state index in [1.54, 1.807) is 18.5 Å². The van der Waals surface area contributed by atoms with Gasteiger partial charge < -0.3 is 10.3 Å². The van der Waals surface area contributed by atoms with Crippen molar-refractivity contribution < 1.29 is 4.52 Å². The minimum absolute atomic E-state index is 0.382. The summed E-state index contributed by atoms with van der Waals surface area (Å²) in [5, 5.41) is 4.00. The Bertz CT molecular complexity index is 769. The summed E-state index contributed by atoms with van der Waals surface area (Å²) in [6, 6.07) is 7.70. The van der Waals surface area contributed by atoms with Crippen LogP contribution in [-0.4, -0.2) is 15.1 Å². The van der Waals surface area contributed by atoms with Gasteiger partial charge in [-0.25, -0.2) is 0 Å². The summed E-state index contributed by atoms with van der Waals surface area (Å²) in [6.07, 6.45) is 3.19. The van der Waals surface area contributed by atoms with Crippen LogP contribution in [0.25, 0.3) is 22.8 Å². The zero-order valence-electron chi connectivity index (χ0n) is 10.7. The van der Waals surface area contributed by atoms with Crippen LogP contribution >= 0.6 is 15.9 Å². The molecule has 1 aromatic carbocycles. The van der Waals surface area contributed by atoms with Gasteiger partial charge in [-0.2, -0.15) is 4.98 Å². The zero-order valence-corrected chi connectivity index (χ0v) is 12.3. The van der Waals surface area contributed by atoms with E-state index in [4.69, 9.17) is 10.3 Å². The summed E-state index contributed by atoms with van der Waals surface area (Å²) >= 11 is 3.51. The van der Waals surface area contributed by atoms with Crippen molar-refractivity contribution >= 4 is 21.6 Å². The van der Waals surface area contributed by atoms with E-state index in [0.29, 0.717) is 23.0 Å². The quantitative estimate of drug-likeness (QED) is 0.778. The van der Waals surface area contributed by atoms with Crippen molar-refractivity contribution in [1.29, 1.82) is 0 Å². The van der Waals surface area contributed by atoms with Gasteiger partial charge in [0, 0.05) is 16.2 Å². The third-order valence-electron chi connectivity index (χ3n) is 2.87. The van der Waals surface area contributed by atoms with E-state index in [9.17, 15) is 0 Å². The summed E-state index contributed by atoms with van der Waals surface area (Å²) in [6.45, 7) is 2.02. The number of rotatable bonds is 2. The van der Waals surface area contributed by atoms with Crippen molar-refractivity contribution in [2.45, 2.75) is 6.92 Å². The van der Waals surface area contributed by atoms with Gasteiger partial charge in [-0.1, -0.05) is 27.2 Å². The molecule has 0 atom stereocenters. The van der Waals surface area contributed by atoms with Crippen molar-refractivity contribution in [3.63, 3.8) is 0 Å². The molecule has 2 N–H and O–H groups in total. The molecular weight excluding hydrogens is 320 g/mol. The average Bonchev–Trinajstić information content (AvgIpc) is 2.88. The predicted octanol–water partition coefficient (Wildman–Crippen LogP) is 3.45. The van der Waals surface area contributed by atoms with Crippen LogP contribution in [0.4, 0.5) is 5.69 Å². The fourth-order valence-electron chi connectivity index (χ4n) is 1.85. The lowest BCUT2D eigenvalue weighted by molar-refractivity contribution is 0.432. The van der Waals surface area contributed by atoms with E-state index in [1.807, 2.05) is 25.1 Å². The molecule has 2 heterocycles. The summed E-state index contributed by atoms with van der Waals surface area (Å²) in [7, 11) is 0. The first-order chi connectivity index (χ1) is 9.65. The van der Waals surface area contributed by atoms with Gasteiger partial charge in [0.05, 0.1) is 17.4 Å². The van der Waals surface area contributed by atoms with Gasteiger partial charge in [-0.15, -0.1) is 0 Å². The molecule has 100 valence electrons. The number of aromatic nitrogens is 3. The molecule has 0 aliphatic rings. The third-order valence-corrected chi connectivity index (χ3v) is 3.53. The number of pyridine rings is 1. The average molecular weight is 331 g/mol. The van der Waals surface area contributed by atoms with Crippen LogP contribution in [-0.2, 0) is 0 Å². The first-order valence-corrected chi connectivity index (χ1v) is 6.74. The Balaban J connectivity index is 2.04. The van der Waals surface area contributed by atoms with Crippen LogP contribution in [0.15, 0.2) is 45.7 Å². The van der Waals surface area contributed by atoms with E-state index >= 15 is 0 Å². The second-order valence-electron chi connectivity index (χ2n) is 4.37. The minimum atomic E-state index is 0.382. The van der Waals surface area contributed by atoms with Gasteiger partial charge in [0.2, 0.25) is 5.82 Å². The molecule has 6 heteroatoms. The van der Waals surface area contributed by atoms with Crippen molar-refractivity contribution in [3.8, 4) is 22.8 Å². The molecule has 0 saturated carbocycles. The largest absolute Gasteiger partial charge is 0.397 e. The minimum Gasteiger partial charge on any atom is -0.397 e. The number of hydrogen-bond donors (Lipinski definition) is 1. The maximum Gasteiger partial charge on any atom is 0.260 e. The van der Waals surface area contributed by atoms with E-state index in [0.717, 1.165) is 15.6 Å². The van der Waals surface area contributed by atoms with Crippen molar-refractivity contribution in [2.75, 3.05) is 5.73 Å². The van der Waals surface area contributed by atoms with Crippen molar-refractivity contribution in [3.05, 3.63) is 46.7 Å². The highest BCUT2D eigenvalue weighted by atomic mass is 79.9. The fraction of sp³-hybridized carbons (Fsp3) is 0.0714. The Kier molecular flexibility index (Phi) is 3.23. The monoisotopic (exact) mass is 330 g/mol. The van der Waals surface area contributed by atoms with E-state index in [2.05, 4.69) is 31.1 Å². The van der Waals surface area contributed by atoms with Crippen LogP contribution in [0.5, 0.6) is 0 Å². The van der Waals surface area contributed by atoms with Gasteiger partial charge in [0.25, 0.3) is 5.89 Å². The lowest BCUT2D eigenvalue weighted by Gasteiger charge is -2.00. The van der Waals surface area contributed by atoms with E-state index < -0.39 is 0 Å². The Morgan fingerprint density at radius 3 is 2.80 bits per heavy atom. The SMILES string of the molecule is Cc1ccc(-c2noc(-c3ccncc3N)n2)c(Br)c1. The molecule has 20 heavy (non-hydrogen) atoms. The molecule has 0 unspecified atom stereocenters. The van der Waals surface area contributed by atoms with Gasteiger partial charge in [-0.3, -0.25) is 4.98 Å². The van der Waals surface area contributed by atoms with Gasteiger partial charge in [0.15, 0.2) is 0 Å². The lowest BCUT2D eigenvalue weighted by atomic mass is 10.1. The van der Waals surface area contributed by atoms with Crippen molar-refractivity contribution in [1.82, 2.24) is 15.1 Å². The highest BCUT2D eigenvalue weighted by molar-refractivity contribution is 9.10. The molecule has 5 nitrogen and oxygen atoms in total. The summed E-state index contributed by atoms with van der Waals surface area (Å²) in [4.78, 5) is 8.32. The highest BCUT2D eigenvalue weighted by Gasteiger charge is 2.14. The summed E-state index contributed by atoms with van der Waals surface area (Å²) < 4.78 is 6.21. The molecule has 0 spiro atoms. The van der Waals surface area contributed by atoms with Gasteiger partial charge >= 0.3 is 0 Å². The Morgan fingerprint density at radius 1 is 1.20 bits per heavy atom. The first-order valence-electron chi connectivity index (χ1n) is 5.95. The molecule has 0 saturated heterocycles. The smallest absolute Gasteiger partial charge is 0.260 e. The number of nitrogens with zero attached hydrogens (tertiary/aromatic N) is 3. The maximum atomic E-state index is 5.85. The molecule has 0 radical (unpaired) electrons. The number of nitrogens with two attached hydrogens (primary N) is 1. The van der Waals surface area contributed by atoms with Gasteiger partial charge in [-0.05, 0) is 30.7 Å². The Morgan fingerprint density at radius 2 is 2.05 bits per heavy atom. The molecule has 0 aliphatic carbocycles. The van der Waals surface area contributed by atoms with Crippen LogP contribution in [0.3, 0.4) is 0 Å². The van der Waals surface area contributed by atoms with Crippen LogP contribution in [0.2, 0.25) is 0 Å². The molecule has 0 bridgehead atoms. The normalized spacial score (nSPS) is 10.7. The van der Waals surface area contributed by atoms with Gasteiger partial charge in [0.1, 0.15) is 0 Å². The number of nitrogen functional groups attached to an aromatic ring is 1. The highest BCUT2D eigenvalue weighted by Crippen LogP contribution is 2.30. The van der Waals surface area contributed by atoms with Crippen LogP contribution in [0.1, 0.15) is 5.56 Å². The molecule has 2 aromatic heterocycles. The standard InChI is InChI=1S/C14H11BrN4O/c1-8-2-3-9(11(15)6-8)13-18-14(20-19-13)10-4-5-17-7-12(10)16/h2-7H,16H2,1H3. The second-order valence-corrected chi connectivity index (χ2v) is 5.22. The molecule has 0 amide bonds. The van der Waals surface area contributed by atoms with E-state index in [-0.39, 0.29) is 0 Å². The Labute approximate surface area is 124 Å². The third kappa shape index (κ3) is 2.30. The Hall–Kier alpha value is -2.21. The number of aryl methyl sites for hydroxylation is 1. The summed E-state index contributed by atoms with van der Waals surface area (Å²) in [5.41, 5.74) is 9.07. The van der Waals surface area contributed by atoms with Crippen LogP contribution < -0.4 is 5.73 Å². The second kappa shape index (κ2) is 5.05. The lowest BCUT2D eigenvalue weighted by Crippen LogP contribution is -1.91. The maximum absolute atomic E-state index is 5.85.